The minimum atomic E-state index is -0.603. The number of nitrogens with zero attached hydrogens (tertiary/aromatic N) is 3. The van der Waals surface area contributed by atoms with Crippen molar-refractivity contribution in [3.05, 3.63) is 29.8 Å². The average molecular weight is 219 g/mol. The van der Waals surface area contributed by atoms with Gasteiger partial charge in [-0.2, -0.15) is 5.10 Å². The number of aliphatic hydroxyl groups excluding tert-OH is 1. The van der Waals surface area contributed by atoms with E-state index in [0.29, 0.717) is 17.3 Å². The van der Waals surface area contributed by atoms with Crippen molar-refractivity contribution in [2.24, 2.45) is 0 Å². The second-order valence-electron chi connectivity index (χ2n) is 3.56. The third-order valence-electron chi connectivity index (χ3n) is 2.06. The standard InChI is InChI=1S/C10H13N5O/c1-6-3-9(15-14-6)13-10-5-11-8(4-12-10)7(2)16/h3-5,7,16H,1-2H3,(H2,12,13,14,15)/t7-/m1/s1. The van der Waals surface area contributed by atoms with Crippen LogP contribution in [-0.4, -0.2) is 25.3 Å². The summed E-state index contributed by atoms with van der Waals surface area (Å²) in [5.74, 6) is 1.28. The maximum Gasteiger partial charge on any atom is 0.153 e. The lowest BCUT2D eigenvalue weighted by Gasteiger charge is -2.04. The van der Waals surface area contributed by atoms with Crippen LogP contribution < -0.4 is 5.32 Å². The second-order valence-corrected chi connectivity index (χ2v) is 3.56. The zero-order valence-corrected chi connectivity index (χ0v) is 9.10. The molecule has 0 saturated heterocycles. The predicted octanol–water partition coefficient (Wildman–Crippen LogP) is 1.31. The second kappa shape index (κ2) is 4.28. The monoisotopic (exact) mass is 219 g/mol. The van der Waals surface area contributed by atoms with E-state index in [1.807, 2.05) is 13.0 Å². The molecule has 0 fully saturated rings. The molecule has 16 heavy (non-hydrogen) atoms. The van der Waals surface area contributed by atoms with Gasteiger partial charge in [0.1, 0.15) is 5.82 Å². The minimum Gasteiger partial charge on any atom is -0.387 e. The first-order valence-electron chi connectivity index (χ1n) is 4.94. The molecule has 6 heteroatoms. The van der Waals surface area contributed by atoms with Gasteiger partial charge in [0.2, 0.25) is 0 Å². The van der Waals surface area contributed by atoms with Crippen LogP contribution in [0.1, 0.15) is 24.4 Å². The van der Waals surface area contributed by atoms with Gasteiger partial charge >= 0.3 is 0 Å². The molecular formula is C10H13N5O. The summed E-state index contributed by atoms with van der Waals surface area (Å²) in [5.41, 5.74) is 1.51. The molecule has 84 valence electrons. The third-order valence-corrected chi connectivity index (χ3v) is 2.06. The molecule has 0 amide bonds. The molecule has 0 saturated carbocycles. The summed E-state index contributed by atoms with van der Waals surface area (Å²) in [6, 6.07) is 1.87. The fourth-order valence-corrected chi connectivity index (χ4v) is 1.23. The van der Waals surface area contributed by atoms with E-state index in [0.717, 1.165) is 5.69 Å². The summed E-state index contributed by atoms with van der Waals surface area (Å²) < 4.78 is 0. The molecule has 1 atom stereocenters. The molecule has 0 aliphatic heterocycles. The highest BCUT2D eigenvalue weighted by atomic mass is 16.3. The molecule has 0 aromatic carbocycles. The average Bonchev–Trinajstić information content (AvgIpc) is 2.65. The number of rotatable bonds is 3. The Morgan fingerprint density at radius 2 is 2.12 bits per heavy atom. The summed E-state index contributed by atoms with van der Waals surface area (Å²) >= 11 is 0. The maximum absolute atomic E-state index is 9.27. The Morgan fingerprint density at radius 1 is 1.31 bits per heavy atom. The van der Waals surface area contributed by atoms with Gasteiger partial charge in [0.25, 0.3) is 0 Å². The van der Waals surface area contributed by atoms with E-state index >= 15 is 0 Å². The normalized spacial score (nSPS) is 12.4. The lowest BCUT2D eigenvalue weighted by atomic mass is 10.3. The summed E-state index contributed by atoms with van der Waals surface area (Å²) in [4.78, 5) is 8.19. The van der Waals surface area contributed by atoms with Crippen LogP contribution in [0.3, 0.4) is 0 Å². The van der Waals surface area contributed by atoms with Crippen LogP contribution in [0, 0.1) is 6.92 Å². The van der Waals surface area contributed by atoms with Gasteiger partial charge in [0.15, 0.2) is 5.82 Å². The Hall–Kier alpha value is -1.95. The zero-order chi connectivity index (χ0) is 11.5. The van der Waals surface area contributed by atoms with Crippen LogP contribution in [0.2, 0.25) is 0 Å². The number of aryl methyl sites for hydroxylation is 1. The van der Waals surface area contributed by atoms with Crippen molar-refractivity contribution in [2.45, 2.75) is 20.0 Å². The van der Waals surface area contributed by atoms with Gasteiger partial charge in [-0.25, -0.2) is 4.98 Å². The molecule has 2 rings (SSSR count). The number of aliphatic hydroxyl groups is 1. The van der Waals surface area contributed by atoms with E-state index in [1.54, 1.807) is 13.1 Å². The number of aromatic nitrogens is 4. The van der Waals surface area contributed by atoms with Gasteiger partial charge in [-0.1, -0.05) is 0 Å². The van der Waals surface area contributed by atoms with Crippen molar-refractivity contribution in [2.75, 3.05) is 5.32 Å². The summed E-state index contributed by atoms with van der Waals surface area (Å²) in [6.07, 6.45) is 2.49. The SMILES string of the molecule is Cc1cc(Nc2cnc([C@@H](C)O)cn2)n[nH]1. The van der Waals surface area contributed by atoms with Crippen molar-refractivity contribution in [1.29, 1.82) is 0 Å². The van der Waals surface area contributed by atoms with Crippen molar-refractivity contribution in [1.82, 2.24) is 20.2 Å². The zero-order valence-electron chi connectivity index (χ0n) is 9.10. The summed E-state index contributed by atoms with van der Waals surface area (Å²) in [7, 11) is 0. The maximum atomic E-state index is 9.27. The highest BCUT2D eigenvalue weighted by Crippen LogP contribution is 2.13. The molecule has 2 aromatic rings. The van der Waals surface area contributed by atoms with E-state index < -0.39 is 6.10 Å². The first-order valence-corrected chi connectivity index (χ1v) is 4.94. The van der Waals surface area contributed by atoms with Crippen molar-refractivity contribution in [3.63, 3.8) is 0 Å². The molecule has 0 radical (unpaired) electrons. The number of nitrogens with one attached hydrogen (secondary N) is 2. The van der Waals surface area contributed by atoms with E-state index in [2.05, 4.69) is 25.5 Å². The number of H-pyrrole nitrogens is 1. The lowest BCUT2D eigenvalue weighted by Crippen LogP contribution is -1.99. The number of hydrogen-bond donors (Lipinski definition) is 3. The van der Waals surface area contributed by atoms with Gasteiger partial charge < -0.3 is 10.4 Å². The molecule has 2 heterocycles. The predicted molar refractivity (Wildman–Crippen MR) is 59.3 cm³/mol. The topological polar surface area (TPSA) is 86.7 Å². The fraction of sp³-hybridized carbons (Fsp3) is 0.300. The molecule has 2 aromatic heterocycles. The highest BCUT2D eigenvalue weighted by molar-refractivity contribution is 5.50. The highest BCUT2D eigenvalue weighted by Gasteiger charge is 2.04. The smallest absolute Gasteiger partial charge is 0.153 e. The Balaban J connectivity index is 2.11. The van der Waals surface area contributed by atoms with E-state index in [4.69, 9.17) is 0 Å². The molecule has 0 unspecified atom stereocenters. The molecule has 0 aliphatic rings. The van der Waals surface area contributed by atoms with Gasteiger partial charge in [-0.3, -0.25) is 10.1 Å². The van der Waals surface area contributed by atoms with Gasteiger partial charge in [0.05, 0.1) is 24.2 Å². The number of hydrogen-bond acceptors (Lipinski definition) is 5. The Kier molecular flexibility index (Phi) is 2.82. The Labute approximate surface area is 92.8 Å². The Bertz CT molecular complexity index is 462. The molecule has 0 spiro atoms. The quantitative estimate of drug-likeness (QED) is 0.724. The minimum absolute atomic E-state index is 0.545. The van der Waals surface area contributed by atoms with E-state index in [9.17, 15) is 5.11 Å². The molecule has 6 nitrogen and oxygen atoms in total. The Morgan fingerprint density at radius 3 is 2.62 bits per heavy atom. The lowest BCUT2D eigenvalue weighted by molar-refractivity contribution is 0.194. The van der Waals surface area contributed by atoms with Gasteiger partial charge in [0, 0.05) is 11.8 Å². The number of anilines is 2. The fourth-order valence-electron chi connectivity index (χ4n) is 1.23. The summed E-state index contributed by atoms with van der Waals surface area (Å²) in [6.45, 7) is 3.56. The molecule has 3 N–H and O–H groups in total. The van der Waals surface area contributed by atoms with Crippen molar-refractivity contribution < 1.29 is 5.11 Å². The van der Waals surface area contributed by atoms with Crippen LogP contribution in [0.15, 0.2) is 18.5 Å². The molecular weight excluding hydrogens is 206 g/mol. The first-order chi connectivity index (χ1) is 7.65. The molecule has 0 aliphatic carbocycles. The summed E-state index contributed by atoms with van der Waals surface area (Å²) in [5, 5.41) is 19.1. The van der Waals surface area contributed by atoms with Crippen LogP contribution in [-0.2, 0) is 0 Å². The first kappa shape index (κ1) is 10.6. The van der Waals surface area contributed by atoms with Gasteiger partial charge in [-0.15, -0.1) is 0 Å². The van der Waals surface area contributed by atoms with Crippen LogP contribution >= 0.6 is 0 Å². The van der Waals surface area contributed by atoms with Crippen LogP contribution in [0.25, 0.3) is 0 Å². The van der Waals surface area contributed by atoms with Crippen molar-refractivity contribution in [3.8, 4) is 0 Å². The van der Waals surface area contributed by atoms with Crippen molar-refractivity contribution >= 4 is 11.6 Å². The molecule has 0 bridgehead atoms. The van der Waals surface area contributed by atoms with E-state index in [1.165, 1.54) is 6.20 Å². The van der Waals surface area contributed by atoms with Crippen LogP contribution in [0.4, 0.5) is 11.6 Å². The third kappa shape index (κ3) is 2.34. The van der Waals surface area contributed by atoms with E-state index in [-0.39, 0.29) is 0 Å². The van der Waals surface area contributed by atoms with Crippen LogP contribution in [0.5, 0.6) is 0 Å². The van der Waals surface area contributed by atoms with Gasteiger partial charge in [-0.05, 0) is 13.8 Å². The largest absolute Gasteiger partial charge is 0.387 e. The number of aromatic amines is 1.